The molecule has 0 aliphatic heterocycles. The number of fused-ring (bicyclic) bond motifs is 1. The van der Waals surface area contributed by atoms with E-state index in [4.69, 9.17) is 11.6 Å². The topological polar surface area (TPSA) is 22.0 Å². The van der Waals surface area contributed by atoms with Crippen molar-refractivity contribution in [3.63, 3.8) is 0 Å². The number of hydrogen-bond acceptors (Lipinski definition) is 2. The van der Waals surface area contributed by atoms with Crippen molar-refractivity contribution in [2.75, 3.05) is 0 Å². The van der Waals surface area contributed by atoms with Crippen molar-refractivity contribution in [1.29, 1.82) is 0 Å². The van der Waals surface area contributed by atoms with Crippen LogP contribution in [0.3, 0.4) is 0 Å². The first-order valence-electron chi connectivity index (χ1n) is 5.66. The molecule has 0 aliphatic carbocycles. The summed E-state index contributed by atoms with van der Waals surface area (Å²) in [5.74, 6) is 0.0809. The summed E-state index contributed by atoms with van der Waals surface area (Å²) in [5, 5.41) is 1.12. The molecule has 0 bridgehead atoms. The van der Waals surface area contributed by atoms with Gasteiger partial charge in [-0.05, 0) is 36.4 Å². The largest absolute Gasteiger partial charge is 0.340 e. The van der Waals surface area contributed by atoms with Crippen LogP contribution in [0.15, 0.2) is 47.1 Å². The Kier molecular flexibility index (Phi) is 3.48. The van der Waals surface area contributed by atoms with Crippen molar-refractivity contribution >= 4 is 55.6 Å². The lowest BCUT2D eigenvalue weighted by atomic mass is 10.2. The molecule has 2 nitrogen and oxygen atoms in total. The van der Waals surface area contributed by atoms with E-state index in [2.05, 4.69) is 15.9 Å². The van der Waals surface area contributed by atoms with Gasteiger partial charge in [0.2, 0.25) is 0 Å². The van der Waals surface area contributed by atoms with E-state index in [9.17, 15) is 4.79 Å². The Labute approximate surface area is 127 Å². The summed E-state index contributed by atoms with van der Waals surface area (Å²) < 4.78 is 3.64. The molecule has 2 heterocycles. The van der Waals surface area contributed by atoms with Gasteiger partial charge in [0.05, 0.1) is 15.8 Å². The van der Waals surface area contributed by atoms with E-state index in [0.717, 1.165) is 15.4 Å². The average Bonchev–Trinajstić information content (AvgIpc) is 2.96. The Morgan fingerprint density at radius 3 is 2.84 bits per heavy atom. The fourth-order valence-corrected chi connectivity index (χ4v) is 3.36. The molecule has 0 N–H and O–H groups in total. The van der Waals surface area contributed by atoms with Crippen molar-refractivity contribution in [2.45, 2.75) is 6.54 Å². The molecular formula is C14H9BrClNOS. The zero-order valence-corrected chi connectivity index (χ0v) is 12.9. The van der Waals surface area contributed by atoms with Gasteiger partial charge < -0.3 is 4.57 Å². The Morgan fingerprint density at radius 1 is 1.26 bits per heavy atom. The third kappa shape index (κ3) is 2.61. The van der Waals surface area contributed by atoms with Gasteiger partial charge in [0.25, 0.3) is 0 Å². The Hall–Kier alpha value is -1.10. The van der Waals surface area contributed by atoms with E-state index in [1.165, 1.54) is 11.3 Å². The summed E-state index contributed by atoms with van der Waals surface area (Å²) in [7, 11) is 0. The molecule has 0 fully saturated rings. The summed E-state index contributed by atoms with van der Waals surface area (Å²) in [6.07, 6.45) is 1.93. The van der Waals surface area contributed by atoms with Crippen molar-refractivity contribution in [3.05, 3.63) is 56.3 Å². The van der Waals surface area contributed by atoms with Crippen LogP contribution in [0, 0.1) is 0 Å². The summed E-state index contributed by atoms with van der Waals surface area (Å²) in [6, 6.07) is 11.6. The van der Waals surface area contributed by atoms with Crippen LogP contribution in [0.1, 0.15) is 9.67 Å². The van der Waals surface area contributed by atoms with E-state index in [0.29, 0.717) is 15.8 Å². The van der Waals surface area contributed by atoms with Crippen LogP contribution in [0.25, 0.3) is 10.9 Å². The van der Waals surface area contributed by atoms with Crippen LogP contribution in [-0.4, -0.2) is 10.4 Å². The number of carbonyl (C=O) groups excluding carboxylic acids is 1. The number of carbonyl (C=O) groups is 1. The quantitative estimate of drug-likeness (QED) is 0.607. The standard InChI is InChI=1S/C14H9BrClNOS/c15-10-1-2-11-9(7-10)5-6-17(11)8-12(18)13-3-4-14(16)19-13/h1-7H,8H2. The van der Waals surface area contributed by atoms with E-state index in [1.54, 1.807) is 12.1 Å². The lowest BCUT2D eigenvalue weighted by molar-refractivity contribution is 0.0977. The SMILES string of the molecule is O=C(Cn1ccc2cc(Br)ccc21)c1ccc(Cl)s1. The van der Waals surface area contributed by atoms with E-state index in [1.807, 2.05) is 35.0 Å². The van der Waals surface area contributed by atoms with Gasteiger partial charge in [-0.1, -0.05) is 27.5 Å². The fraction of sp³-hybridized carbons (Fsp3) is 0.0714. The first kappa shape index (κ1) is 12.9. The number of Topliss-reactive ketones (excluding diaryl/α,β-unsaturated/α-hetero) is 1. The van der Waals surface area contributed by atoms with E-state index in [-0.39, 0.29) is 5.78 Å². The number of hydrogen-bond donors (Lipinski definition) is 0. The molecule has 0 saturated carbocycles. The van der Waals surface area contributed by atoms with Crippen LogP contribution in [0.2, 0.25) is 4.34 Å². The average molecular weight is 355 g/mol. The molecule has 0 atom stereocenters. The maximum absolute atomic E-state index is 12.2. The van der Waals surface area contributed by atoms with E-state index < -0.39 is 0 Å². The maximum Gasteiger partial charge on any atom is 0.192 e. The molecule has 2 aromatic heterocycles. The number of thiophene rings is 1. The van der Waals surface area contributed by atoms with Crippen molar-refractivity contribution < 1.29 is 4.79 Å². The third-order valence-corrected chi connectivity index (χ3v) is 4.66. The lowest BCUT2D eigenvalue weighted by Crippen LogP contribution is -2.07. The smallest absolute Gasteiger partial charge is 0.192 e. The first-order chi connectivity index (χ1) is 9.13. The highest BCUT2D eigenvalue weighted by atomic mass is 79.9. The number of aromatic nitrogens is 1. The minimum absolute atomic E-state index is 0.0809. The van der Waals surface area contributed by atoms with Gasteiger partial charge in [0.1, 0.15) is 0 Å². The number of rotatable bonds is 3. The molecule has 1 aromatic carbocycles. The van der Waals surface area contributed by atoms with Gasteiger partial charge in [-0.25, -0.2) is 0 Å². The van der Waals surface area contributed by atoms with E-state index >= 15 is 0 Å². The molecule has 96 valence electrons. The molecule has 0 radical (unpaired) electrons. The van der Waals surface area contributed by atoms with Crippen molar-refractivity contribution in [3.8, 4) is 0 Å². The van der Waals surface area contributed by atoms with Crippen LogP contribution >= 0.6 is 38.9 Å². The predicted octanol–water partition coefficient (Wildman–Crippen LogP) is 5.00. The van der Waals surface area contributed by atoms with Gasteiger partial charge >= 0.3 is 0 Å². The Balaban J connectivity index is 1.91. The van der Waals surface area contributed by atoms with Crippen LogP contribution in [-0.2, 0) is 6.54 Å². The second-order valence-electron chi connectivity index (χ2n) is 4.17. The molecule has 3 rings (SSSR count). The molecule has 0 aliphatic rings. The molecular weight excluding hydrogens is 346 g/mol. The molecule has 3 aromatic rings. The first-order valence-corrected chi connectivity index (χ1v) is 7.65. The van der Waals surface area contributed by atoms with Gasteiger partial charge in [-0.3, -0.25) is 4.79 Å². The number of halogens is 2. The highest BCUT2D eigenvalue weighted by Gasteiger charge is 2.11. The van der Waals surface area contributed by atoms with Crippen LogP contribution < -0.4 is 0 Å². The molecule has 0 amide bonds. The Morgan fingerprint density at radius 2 is 2.11 bits per heavy atom. The molecule has 0 saturated heterocycles. The Bertz CT molecular complexity index is 762. The number of benzene rings is 1. The third-order valence-electron chi connectivity index (χ3n) is 2.90. The monoisotopic (exact) mass is 353 g/mol. The molecule has 19 heavy (non-hydrogen) atoms. The summed E-state index contributed by atoms with van der Waals surface area (Å²) in [5.41, 5.74) is 1.05. The van der Waals surface area contributed by atoms with Crippen molar-refractivity contribution in [1.82, 2.24) is 4.57 Å². The normalized spacial score (nSPS) is 11.1. The van der Waals surface area contributed by atoms with Gasteiger partial charge in [-0.15, -0.1) is 11.3 Å². The lowest BCUT2D eigenvalue weighted by Gasteiger charge is -2.03. The zero-order chi connectivity index (χ0) is 13.4. The van der Waals surface area contributed by atoms with Gasteiger partial charge in [-0.2, -0.15) is 0 Å². The molecule has 0 unspecified atom stereocenters. The highest BCUT2D eigenvalue weighted by Crippen LogP contribution is 2.24. The minimum atomic E-state index is 0.0809. The maximum atomic E-state index is 12.2. The second-order valence-corrected chi connectivity index (χ2v) is 6.80. The summed E-state index contributed by atoms with van der Waals surface area (Å²) >= 11 is 10.6. The van der Waals surface area contributed by atoms with Crippen LogP contribution in [0.5, 0.6) is 0 Å². The number of nitrogens with zero attached hydrogens (tertiary/aromatic N) is 1. The highest BCUT2D eigenvalue weighted by molar-refractivity contribution is 9.10. The fourth-order valence-electron chi connectivity index (χ4n) is 2.01. The summed E-state index contributed by atoms with van der Waals surface area (Å²) in [4.78, 5) is 12.9. The van der Waals surface area contributed by atoms with Gasteiger partial charge in [0.15, 0.2) is 5.78 Å². The predicted molar refractivity (Wildman–Crippen MR) is 83.3 cm³/mol. The van der Waals surface area contributed by atoms with Crippen LogP contribution in [0.4, 0.5) is 0 Å². The zero-order valence-electron chi connectivity index (χ0n) is 9.77. The summed E-state index contributed by atoms with van der Waals surface area (Å²) in [6.45, 7) is 0.335. The molecule has 5 heteroatoms. The van der Waals surface area contributed by atoms with Crippen molar-refractivity contribution in [2.24, 2.45) is 0 Å². The minimum Gasteiger partial charge on any atom is -0.340 e. The second kappa shape index (κ2) is 5.12. The van der Waals surface area contributed by atoms with Gasteiger partial charge in [0, 0.05) is 21.6 Å². The number of ketones is 1. The molecule has 0 spiro atoms.